The van der Waals surface area contributed by atoms with Crippen molar-refractivity contribution in [3.05, 3.63) is 139 Å². The summed E-state index contributed by atoms with van der Waals surface area (Å²) >= 11 is 0. The predicted molar refractivity (Wildman–Crippen MR) is 233 cm³/mol. The molecule has 1 radical (unpaired) electrons. The van der Waals surface area contributed by atoms with E-state index in [4.69, 9.17) is 14.4 Å². The van der Waals surface area contributed by atoms with Gasteiger partial charge in [0.15, 0.2) is 0 Å². The Hall–Kier alpha value is -4.15. The third kappa shape index (κ3) is 9.51. The smallest absolute Gasteiger partial charge is 0.121 e. The van der Waals surface area contributed by atoms with Crippen molar-refractivity contribution < 1.29 is 24.5 Å². The monoisotopic (exact) mass is 931 g/mol. The van der Waals surface area contributed by atoms with Gasteiger partial charge in [-0.25, -0.2) is 0 Å². The fourth-order valence-corrected chi connectivity index (χ4v) is 10.5. The Morgan fingerprint density at radius 1 is 0.643 bits per heavy atom. The molecule has 2 fully saturated rings. The number of benzene rings is 4. The molecule has 5 heteroatoms. The molecule has 7 aromatic rings. The molecule has 0 N–H and O–H groups in total. The second-order valence-corrected chi connectivity index (χ2v) is 22.0. The average molecular weight is 931 g/mol. The van der Waals surface area contributed by atoms with Crippen LogP contribution in [-0.4, -0.2) is 18.0 Å². The van der Waals surface area contributed by atoms with Gasteiger partial charge in [0, 0.05) is 37.9 Å². The fourth-order valence-electron chi connectivity index (χ4n) is 8.95. The molecular formula is C51H54IrN2OSi-2. The Bertz CT molecular complexity index is 2330. The van der Waals surface area contributed by atoms with E-state index in [-0.39, 0.29) is 20.1 Å². The Morgan fingerprint density at radius 2 is 1.38 bits per heavy atom. The molecule has 9 rings (SSSR count). The number of fused-ring (bicyclic) bond motifs is 3. The SMILES string of the molecule is C[Si](C)(C)c1cnc(-c2[c-]cccc2)cc1CC1CCCCC1.[Ir].[c-]1ccc2c(oc3cc(-c4ccccc4)ccc32)c1-c1cc(CC2CCCCC2)ccn1. The summed E-state index contributed by atoms with van der Waals surface area (Å²) in [6.07, 6.45) is 20.4. The van der Waals surface area contributed by atoms with E-state index < -0.39 is 8.07 Å². The van der Waals surface area contributed by atoms with Gasteiger partial charge in [-0.15, -0.1) is 54.1 Å². The van der Waals surface area contributed by atoms with E-state index in [1.807, 2.05) is 30.5 Å². The minimum Gasteiger partial charge on any atom is -0.501 e. The van der Waals surface area contributed by atoms with Gasteiger partial charge in [-0.1, -0.05) is 161 Å². The number of hydrogen-bond acceptors (Lipinski definition) is 3. The standard InChI is InChI=1S/C30H26NO.C21H28NSi.Ir/c1-3-8-21(9-4-1)18-22-16-17-31-28(19-22)27-13-7-12-26-25-15-14-24(20-29(25)32-30(26)27)23-10-5-2-6-11-23;1-23(2,3)21-16-22-20(18-12-8-5-9-13-18)15-19(21)14-17-10-6-4-7-11-17;/h2,5-7,10-12,14-17,19-21H,1,3-4,8-9,18H2;5,8-9,12,15-17H,4,6-7,10-11,14H2,1-3H3;/q2*-1;. The molecule has 2 aliphatic rings. The second-order valence-electron chi connectivity index (χ2n) is 17.0. The largest absolute Gasteiger partial charge is 0.501 e. The van der Waals surface area contributed by atoms with Crippen LogP contribution < -0.4 is 5.19 Å². The van der Waals surface area contributed by atoms with Gasteiger partial charge in [-0.05, 0) is 64.5 Å². The Labute approximate surface area is 348 Å². The van der Waals surface area contributed by atoms with Crippen LogP contribution in [0.1, 0.15) is 75.3 Å². The van der Waals surface area contributed by atoms with Crippen molar-refractivity contribution in [2.45, 2.75) is 96.7 Å². The summed E-state index contributed by atoms with van der Waals surface area (Å²) in [5.74, 6) is 1.68. The predicted octanol–water partition coefficient (Wildman–Crippen LogP) is 13.5. The normalized spacial score (nSPS) is 15.3. The van der Waals surface area contributed by atoms with Gasteiger partial charge in [-0.3, -0.25) is 0 Å². The van der Waals surface area contributed by atoms with Crippen LogP contribution >= 0.6 is 0 Å². The molecule has 2 saturated carbocycles. The molecule has 0 spiro atoms. The van der Waals surface area contributed by atoms with Crippen LogP contribution in [0.15, 0.2) is 120 Å². The van der Waals surface area contributed by atoms with Crippen LogP contribution in [0.4, 0.5) is 0 Å². The third-order valence-electron chi connectivity index (χ3n) is 11.9. The molecule has 0 saturated heterocycles. The van der Waals surface area contributed by atoms with Crippen molar-refractivity contribution in [2.75, 3.05) is 0 Å². The van der Waals surface area contributed by atoms with E-state index >= 15 is 0 Å². The van der Waals surface area contributed by atoms with Crippen molar-refractivity contribution in [2.24, 2.45) is 11.8 Å². The Balaban J connectivity index is 0.000000178. The van der Waals surface area contributed by atoms with Crippen LogP contribution in [0.25, 0.3) is 55.6 Å². The van der Waals surface area contributed by atoms with Crippen molar-refractivity contribution in [1.29, 1.82) is 0 Å². The first-order valence-corrected chi connectivity index (χ1v) is 24.2. The van der Waals surface area contributed by atoms with E-state index in [1.165, 1.54) is 81.8 Å². The third-order valence-corrected chi connectivity index (χ3v) is 14.0. The maximum Gasteiger partial charge on any atom is 0.121 e. The molecule has 2 aliphatic carbocycles. The molecule has 4 aromatic carbocycles. The number of aromatic nitrogens is 2. The molecule has 3 heterocycles. The minimum atomic E-state index is -1.36. The first-order valence-electron chi connectivity index (χ1n) is 20.7. The molecule has 0 aliphatic heterocycles. The van der Waals surface area contributed by atoms with Gasteiger partial charge < -0.3 is 14.4 Å². The first-order chi connectivity index (χ1) is 26.9. The van der Waals surface area contributed by atoms with E-state index in [0.29, 0.717) is 0 Å². The zero-order chi connectivity index (χ0) is 37.6. The zero-order valence-corrected chi connectivity index (χ0v) is 36.6. The fraction of sp³-hybridized carbons (Fsp3) is 0.333. The van der Waals surface area contributed by atoms with Crippen molar-refractivity contribution in [3.63, 3.8) is 0 Å². The molecule has 3 nitrogen and oxygen atoms in total. The maximum atomic E-state index is 6.42. The summed E-state index contributed by atoms with van der Waals surface area (Å²) in [5.41, 5.74) is 11.1. The van der Waals surface area contributed by atoms with Crippen molar-refractivity contribution >= 4 is 35.2 Å². The Kier molecular flexibility index (Phi) is 13.2. The number of nitrogens with zero attached hydrogens (tertiary/aromatic N) is 2. The molecule has 0 amide bonds. The van der Waals surface area contributed by atoms with Gasteiger partial charge in [0.05, 0.1) is 13.7 Å². The summed E-state index contributed by atoms with van der Waals surface area (Å²) in [5, 5.41) is 3.80. The van der Waals surface area contributed by atoms with E-state index in [2.05, 4.69) is 117 Å². The molecule has 3 aromatic heterocycles. The minimum absolute atomic E-state index is 0. The molecule has 0 bridgehead atoms. The Morgan fingerprint density at radius 3 is 2.09 bits per heavy atom. The molecule has 289 valence electrons. The van der Waals surface area contributed by atoms with Gasteiger partial charge in [0.25, 0.3) is 0 Å². The summed E-state index contributed by atoms with van der Waals surface area (Å²) in [7, 11) is -1.36. The summed E-state index contributed by atoms with van der Waals surface area (Å²) in [6.45, 7) is 7.30. The number of rotatable bonds is 8. The number of hydrogen-bond donors (Lipinski definition) is 0. The van der Waals surface area contributed by atoms with E-state index in [1.54, 1.807) is 10.8 Å². The first kappa shape index (κ1) is 40.1. The van der Waals surface area contributed by atoms with Gasteiger partial charge in [0.1, 0.15) is 5.58 Å². The summed E-state index contributed by atoms with van der Waals surface area (Å²) in [6, 6.07) is 42.7. The molecule has 0 unspecified atom stereocenters. The van der Waals surface area contributed by atoms with E-state index in [9.17, 15) is 0 Å². The second kappa shape index (κ2) is 18.4. The van der Waals surface area contributed by atoms with Crippen LogP contribution in [0.2, 0.25) is 19.6 Å². The number of furan rings is 1. The van der Waals surface area contributed by atoms with Gasteiger partial charge >= 0.3 is 0 Å². The van der Waals surface area contributed by atoms with Crippen molar-refractivity contribution in [1.82, 2.24) is 9.97 Å². The van der Waals surface area contributed by atoms with Gasteiger partial charge in [-0.2, -0.15) is 0 Å². The van der Waals surface area contributed by atoms with Crippen LogP contribution in [0, 0.1) is 24.0 Å². The van der Waals surface area contributed by atoms with E-state index in [0.717, 1.165) is 68.3 Å². The molecule has 0 atom stereocenters. The van der Waals surface area contributed by atoms with Crippen LogP contribution in [0.3, 0.4) is 0 Å². The maximum absolute atomic E-state index is 6.42. The topological polar surface area (TPSA) is 38.9 Å². The zero-order valence-electron chi connectivity index (χ0n) is 33.2. The molecular weight excluding hydrogens is 877 g/mol. The van der Waals surface area contributed by atoms with Gasteiger partial charge in [0.2, 0.25) is 0 Å². The average Bonchev–Trinajstić information content (AvgIpc) is 3.60. The number of pyridine rings is 2. The van der Waals surface area contributed by atoms with Crippen molar-refractivity contribution in [3.8, 4) is 33.6 Å². The quantitative estimate of drug-likeness (QED) is 0.113. The summed E-state index contributed by atoms with van der Waals surface area (Å²) in [4.78, 5) is 9.47. The van der Waals surface area contributed by atoms with Crippen LogP contribution in [0.5, 0.6) is 0 Å². The molecule has 56 heavy (non-hydrogen) atoms. The summed E-state index contributed by atoms with van der Waals surface area (Å²) < 4.78 is 6.42. The van der Waals surface area contributed by atoms with Crippen LogP contribution in [-0.2, 0) is 32.9 Å².